The smallest absolute Gasteiger partial charge is 0.312 e. The Bertz CT molecular complexity index is 646. The van der Waals surface area contributed by atoms with Gasteiger partial charge in [0.1, 0.15) is 6.07 Å². The van der Waals surface area contributed by atoms with E-state index in [-0.39, 0.29) is 23.1 Å². The first-order chi connectivity index (χ1) is 9.60. The normalized spacial score (nSPS) is 11.6. The van der Waals surface area contributed by atoms with Gasteiger partial charge in [-0.05, 0) is 13.0 Å². The van der Waals surface area contributed by atoms with Crippen LogP contribution in [0.25, 0.3) is 0 Å². The molecule has 0 aliphatic rings. The zero-order valence-electron chi connectivity index (χ0n) is 10.7. The van der Waals surface area contributed by atoms with Crippen LogP contribution in [-0.4, -0.2) is 25.7 Å². The van der Waals surface area contributed by atoms with E-state index in [1.54, 1.807) is 23.1 Å². The third kappa shape index (κ3) is 3.08. The molecule has 2 rings (SSSR count). The van der Waals surface area contributed by atoms with Gasteiger partial charge in [-0.25, -0.2) is 4.98 Å². The largest absolute Gasteiger partial charge is 0.360 e. The fourth-order valence-electron chi connectivity index (χ4n) is 1.73. The van der Waals surface area contributed by atoms with Crippen LogP contribution in [0.2, 0.25) is 0 Å². The second kappa shape index (κ2) is 5.79. The summed E-state index contributed by atoms with van der Waals surface area (Å²) in [6.07, 6.45) is 4.77. The van der Waals surface area contributed by atoms with E-state index < -0.39 is 4.92 Å². The lowest BCUT2D eigenvalue weighted by Crippen LogP contribution is -2.23. The van der Waals surface area contributed by atoms with Crippen molar-refractivity contribution in [3.63, 3.8) is 0 Å². The second-order valence-corrected chi connectivity index (χ2v) is 4.23. The molecule has 0 bridgehead atoms. The number of aromatic nitrogens is 3. The lowest BCUT2D eigenvalue weighted by Gasteiger charge is -2.14. The summed E-state index contributed by atoms with van der Waals surface area (Å²) < 4.78 is 1.72. The highest BCUT2D eigenvalue weighted by Gasteiger charge is 2.18. The standard InChI is InChI=1S/C12H12N6O2/c1-9(8-17-4-2-3-15-17)16-12-11(18(19)20)5-10(6-13)7-14-12/h2-5,7,9H,8H2,1H3,(H,14,16). The van der Waals surface area contributed by atoms with E-state index in [0.29, 0.717) is 6.54 Å². The Morgan fingerprint density at radius 3 is 3.05 bits per heavy atom. The molecule has 0 aliphatic carbocycles. The average Bonchev–Trinajstić information content (AvgIpc) is 2.91. The molecular formula is C12H12N6O2. The Hall–Kier alpha value is -2.95. The van der Waals surface area contributed by atoms with Crippen LogP contribution in [0, 0.1) is 21.4 Å². The van der Waals surface area contributed by atoms with E-state index in [4.69, 9.17) is 5.26 Å². The first-order valence-electron chi connectivity index (χ1n) is 5.88. The molecule has 102 valence electrons. The number of nitrogens with one attached hydrogen (secondary N) is 1. The fourth-order valence-corrected chi connectivity index (χ4v) is 1.73. The number of hydrogen-bond acceptors (Lipinski definition) is 6. The summed E-state index contributed by atoms with van der Waals surface area (Å²) in [5.41, 5.74) is -0.0571. The van der Waals surface area contributed by atoms with Gasteiger partial charge in [-0.1, -0.05) is 0 Å². The fraction of sp³-hybridized carbons (Fsp3) is 0.250. The van der Waals surface area contributed by atoms with Crippen molar-refractivity contribution < 1.29 is 4.92 Å². The second-order valence-electron chi connectivity index (χ2n) is 4.23. The van der Waals surface area contributed by atoms with Gasteiger partial charge in [0, 0.05) is 30.7 Å². The van der Waals surface area contributed by atoms with Crippen molar-refractivity contribution in [1.29, 1.82) is 5.26 Å². The van der Waals surface area contributed by atoms with Crippen LogP contribution in [0.5, 0.6) is 0 Å². The van der Waals surface area contributed by atoms with E-state index >= 15 is 0 Å². The SMILES string of the molecule is CC(Cn1cccn1)Nc1ncc(C#N)cc1[N+](=O)[O-]. The van der Waals surface area contributed by atoms with Crippen LogP contribution in [-0.2, 0) is 6.54 Å². The predicted octanol–water partition coefficient (Wildman–Crippen LogP) is 1.56. The summed E-state index contributed by atoms with van der Waals surface area (Å²) in [5, 5.41) is 26.8. The van der Waals surface area contributed by atoms with Crippen molar-refractivity contribution in [1.82, 2.24) is 14.8 Å². The van der Waals surface area contributed by atoms with Gasteiger partial charge in [-0.15, -0.1) is 0 Å². The monoisotopic (exact) mass is 272 g/mol. The molecule has 0 fully saturated rings. The van der Waals surface area contributed by atoms with Gasteiger partial charge >= 0.3 is 5.69 Å². The third-order valence-electron chi connectivity index (χ3n) is 2.60. The molecule has 0 saturated carbocycles. The summed E-state index contributed by atoms with van der Waals surface area (Å²) in [6.45, 7) is 2.41. The number of nitrogens with zero attached hydrogens (tertiary/aromatic N) is 5. The Kier molecular flexibility index (Phi) is 3.91. The molecule has 0 spiro atoms. The maximum atomic E-state index is 11.0. The lowest BCUT2D eigenvalue weighted by molar-refractivity contribution is -0.384. The molecular weight excluding hydrogens is 260 g/mol. The van der Waals surface area contributed by atoms with Crippen molar-refractivity contribution >= 4 is 11.5 Å². The molecule has 2 heterocycles. The van der Waals surface area contributed by atoms with Gasteiger partial charge in [0.2, 0.25) is 5.82 Å². The minimum Gasteiger partial charge on any atom is -0.360 e. The Morgan fingerprint density at radius 2 is 2.45 bits per heavy atom. The molecule has 1 atom stereocenters. The predicted molar refractivity (Wildman–Crippen MR) is 70.9 cm³/mol. The topological polar surface area (TPSA) is 110 Å². The van der Waals surface area contributed by atoms with Gasteiger partial charge in [0.05, 0.1) is 17.0 Å². The van der Waals surface area contributed by atoms with Crippen molar-refractivity contribution in [3.05, 3.63) is 46.4 Å². The van der Waals surface area contributed by atoms with Crippen LogP contribution in [0.4, 0.5) is 11.5 Å². The van der Waals surface area contributed by atoms with Gasteiger partial charge < -0.3 is 5.32 Å². The van der Waals surface area contributed by atoms with Crippen LogP contribution in [0.3, 0.4) is 0 Å². The average molecular weight is 272 g/mol. The molecule has 0 radical (unpaired) electrons. The lowest BCUT2D eigenvalue weighted by atomic mass is 10.2. The summed E-state index contributed by atoms with van der Waals surface area (Å²) in [4.78, 5) is 14.4. The molecule has 20 heavy (non-hydrogen) atoms. The maximum Gasteiger partial charge on any atom is 0.312 e. The van der Waals surface area contributed by atoms with Crippen molar-refractivity contribution in [2.24, 2.45) is 0 Å². The van der Waals surface area contributed by atoms with Crippen molar-refractivity contribution in [3.8, 4) is 6.07 Å². The van der Waals surface area contributed by atoms with E-state index in [1.165, 1.54) is 12.3 Å². The van der Waals surface area contributed by atoms with Gasteiger partial charge in [-0.3, -0.25) is 14.8 Å². The van der Waals surface area contributed by atoms with E-state index in [1.807, 2.05) is 13.0 Å². The van der Waals surface area contributed by atoms with E-state index in [0.717, 1.165) is 0 Å². The number of anilines is 1. The molecule has 8 nitrogen and oxygen atoms in total. The Balaban J connectivity index is 2.16. The van der Waals surface area contributed by atoms with Crippen LogP contribution in [0.15, 0.2) is 30.7 Å². The number of hydrogen-bond donors (Lipinski definition) is 1. The maximum absolute atomic E-state index is 11.0. The van der Waals surface area contributed by atoms with Crippen LogP contribution in [0.1, 0.15) is 12.5 Å². The zero-order chi connectivity index (χ0) is 14.5. The number of nitriles is 1. The Morgan fingerprint density at radius 1 is 1.65 bits per heavy atom. The highest BCUT2D eigenvalue weighted by atomic mass is 16.6. The molecule has 8 heteroatoms. The van der Waals surface area contributed by atoms with Crippen LogP contribution >= 0.6 is 0 Å². The minimum absolute atomic E-state index is 0.103. The number of nitro groups is 1. The Labute approximate surface area is 114 Å². The molecule has 1 N–H and O–H groups in total. The first kappa shape index (κ1) is 13.5. The van der Waals surface area contributed by atoms with E-state index in [2.05, 4.69) is 15.4 Å². The zero-order valence-corrected chi connectivity index (χ0v) is 10.7. The summed E-state index contributed by atoms with van der Waals surface area (Å²) in [6, 6.07) is 4.73. The molecule has 2 aromatic heterocycles. The summed E-state index contributed by atoms with van der Waals surface area (Å²) in [7, 11) is 0. The summed E-state index contributed by atoms with van der Waals surface area (Å²) >= 11 is 0. The molecule has 2 aromatic rings. The number of rotatable bonds is 5. The minimum atomic E-state index is -0.559. The van der Waals surface area contributed by atoms with E-state index in [9.17, 15) is 10.1 Å². The van der Waals surface area contributed by atoms with Crippen LogP contribution < -0.4 is 5.32 Å². The quantitative estimate of drug-likeness (QED) is 0.653. The molecule has 0 saturated heterocycles. The van der Waals surface area contributed by atoms with Gasteiger partial charge in [0.15, 0.2) is 0 Å². The highest BCUT2D eigenvalue weighted by molar-refractivity contribution is 5.58. The van der Waals surface area contributed by atoms with Crippen molar-refractivity contribution in [2.45, 2.75) is 19.5 Å². The van der Waals surface area contributed by atoms with Gasteiger partial charge in [0.25, 0.3) is 0 Å². The van der Waals surface area contributed by atoms with Crippen molar-refractivity contribution in [2.75, 3.05) is 5.32 Å². The third-order valence-corrected chi connectivity index (χ3v) is 2.60. The molecule has 0 aromatic carbocycles. The highest BCUT2D eigenvalue weighted by Crippen LogP contribution is 2.23. The molecule has 0 amide bonds. The molecule has 1 unspecified atom stereocenters. The molecule has 0 aliphatic heterocycles. The first-order valence-corrected chi connectivity index (χ1v) is 5.88. The van der Waals surface area contributed by atoms with Gasteiger partial charge in [-0.2, -0.15) is 10.4 Å². The number of pyridine rings is 1. The summed E-state index contributed by atoms with van der Waals surface area (Å²) in [5.74, 6) is 0.147.